The Balaban J connectivity index is 1.70. The van der Waals surface area contributed by atoms with Gasteiger partial charge in [-0.2, -0.15) is 0 Å². The van der Waals surface area contributed by atoms with Gasteiger partial charge in [-0.1, -0.05) is 6.07 Å². The first kappa shape index (κ1) is 18.7. The van der Waals surface area contributed by atoms with Crippen LogP contribution in [0.5, 0.6) is 5.75 Å². The zero-order chi connectivity index (χ0) is 19.2. The highest BCUT2D eigenvalue weighted by atomic mass is 16.5. The zero-order valence-electron chi connectivity index (χ0n) is 15.3. The number of amides is 2. The van der Waals surface area contributed by atoms with E-state index in [0.29, 0.717) is 36.6 Å². The minimum absolute atomic E-state index is 0.0616. The lowest BCUT2D eigenvalue weighted by atomic mass is 10.1. The van der Waals surface area contributed by atoms with Crippen LogP contribution in [0.15, 0.2) is 47.4 Å². The second-order valence-electron chi connectivity index (χ2n) is 6.42. The van der Waals surface area contributed by atoms with Crippen LogP contribution in [-0.2, 0) is 16.1 Å². The fraction of sp³-hybridized carbons (Fsp3) is 0.350. The molecule has 7 heteroatoms. The average Bonchev–Trinajstić information content (AvgIpc) is 2.68. The quantitative estimate of drug-likeness (QED) is 0.848. The van der Waals surface area contributed by atoms with E-state index in [1.165, 1.54) is 10.6 Å². The molecule has 0 atom stereocenters. The van der Waals surface area contributed by atoms with E-state index in [1.807, 2.05) is 0 Å². The number of benzene rings is 1. The number of ether oxygens (including phenoxy) is 1. The van der Waals surface area contributed by atoms with Gasteiger partial charge < -0.3 is 19.5 Å². The lowest BCUT2D eigenvalue weighted by molar-refractivity contribution is -0.119. The van der Waals surface area contributed by atoms with Gasteiger partial charge in [-0.25, -0.2) is 0 Å². The molecule has 0 radical (unpaired) electrons. The zero-order valence-corrected chi connectivity index (χ0v) is 15.3. The van der Waals surface area contributed by atoms with Gasteiger partial charge >= 0.3 is 0 Å². The molecule has 1 aliphatic heterocycles. The van der Waals surface area contributed by atoms with E-state index in [-0.39, 0.29) is 23.8 Å². The molecule has 0 aliphatic carbocycles. The van der Waals surface area contributed by atoms with Crippen molar-refractivity contribution in [3.05, 3.63) is 52.9 Å². The lowest BCUT2D eigenvalue weighted by Crippen LogP contribution is -2.35. The third-order valence-electron chi connectivity index (χ3n) is 4.56. The van der Waals surface area contributed by atoms with Gasteiger partial charge in [0.25, 0.3) is 5.56 Å². The monoisotopic (exact) mass is 369 g/mol. The van der Waals surface area contributed by atoms with Gasteiger partial charge in [0.15, 0.2) is 0 Å². The SMILES string of the molecule is COc1ccc(NC(=O)CCn2ccccc2=O)cc1N1CCCCC1=O. The number of nitrogens with one attached hydrogen (secondary N) is 1. The predicted molar refractivity (Wildman–Crippen MR) is 103 cm³/mol. The summed E-state index contributed by atoms with van der Waals surface area (Å²) in [5.41, 5.74) is 1.12. The van der Waals surface area contributed by atoms with E-state index in [4.69, 9.17) is 4.74 Å². The number of carbonyl (C=O) groups excluding carboxylic acids is 2. The molecular formula is C20H23N3O4. The van der Waals surface area contributed by atoms with E-state index in [1.54, 1.807) is 48.5 Å². The van der Waals surface area contributed by atoms with Crippen molar-refractivity contribution in [2.75, 3.05) is 23.9 Å². The average molecular weight is 369 g/mol. The maximum Gasteiger partial charge on any atom is 0.250 e. The largest absolute Gasteiger partial charge is 0.495 e. The van der Waals surface area contributed by atoms with Gasteiger partial charge in [0, 0.05) is 43.9 Å². The molecule has 0 bridgehead atoms. The highest BCUT2D eigenvalue weighted by Crippen LogP contribution is 2.33. The van der Waals surface area contributed by atoms with Gasteiger partial charge in [0.2, 0.25) is 11.8 Å². The fourth-order valence-electron chi connectivity index (χ4n) is 3.13. The Kier molecular flexibility index (Phi) is 5.90. The molecule has 0 saturated carbocycles. The Bertz CT molecular complexity index is 891. The highest BCUT2D eigenvalue weighted by Gasteiger charge is 2.23. The third-order valence-corrected chi connectivity index (χ3v) is 4.56. The smallest absolute Gasteiger partial charge is 0.250 e. The van der Waals surface area contributed by atoms with E-state index < -0.39 is 0 Å². The Morgan fingerprint density at radius 1 is 1.19 bits per heavy atom. The number of carbonyl (C=O) groups is 2. The number of methoxy groups -OCH3 is 1. The molecule has 1 saturated heterocycles. The maximum absolute atomic E-state index is 12.3. The van der Waals surface area contributed by atoms with Gasteiger partial charge in [0.05, 0.1) is 12.8 Å². The second kappa shape index (κ2) is 8.53. The molecule has 1 aromatic heterocycles. The standard InChI is InChI=1S/C20H23N3O4/c1-27-17-9-8-15(14-16(17)23-12-5-3-7-20(23)26)21-18(24)10-13-22-11-4-2-6-19(22)25/h2,4,6,8-9,11,14H,3,5,7,10,12-13H2,1H3,(H,21,24). The van der Waals surface area contributed by atoms with Crippen LogP contribution in [0.2, 0.25) is 0 Å². The van der Waals surface area contributed by atoms with E-state index in [0.717, 1.165) is 12.8 Å². The number of anilines is 2. The molecule has 1 fully saturated rings. The maximum atomic E-state index is 12.3. The van der Waals surface area contributed by atoms with Crippen molar-refractivity contribution in [2.24, 2.45) is 0 Å². The topological polar surface area (TPSA) is 80.6 Å². The Labute approximate surface area is 157 Å². The molecule has 7 nitrogen and oxygen atoms in total. The molecule has 27 heavy (non-hydrogen) atoms. The van der Waals surface area contributed by atoms with E-state index in [9.17, 15) is 14.4 Å². The minimum atomic E-state index is -0.202. The Morgan fingerprint density at radius 3 is 2.78 bits per heavy atom. The lowest BCUT2D eigenvalue weighted by Gasteiger charge is -2.28. The summed E-state index contributed by atoms with van der Waals surface area (Å²) in [6.07, 6.45) is 4.19. The third kappa shape index (κ3) is 4.55. The molecule has 2 heterocycles. The molecule has 2 aromatic rings. The van der Waals surface area contributed by atoms with Crippen LogP contribution < -0.4 is 20.5 Å². The number of rotatable bonds is 6. The summed E-state index contributed by atoms with van der Waals surface area (Å²) in [6, 6.07) is 10.1. The summed E-state index contributed by atoms with van der Waals surface area (Å²) in [7, 11) is 1.56. The summed E-state index contributed by atoms with van der Waals surface area (Å²) in [4.78, 5) is 37.9. The van der Waals surface area contributed by atoms with Gasteiger partial charge in [-0.3, -0.25) is 14.4 Å². The molecule has 1 N–H and O–H groups in total. The van der Waals surface area contributed by atoms with Crippen molar-refractivity contribution in [3.63, 3.8) is 0 Å². The van der Waals surface area contributed by atoms with Gasteiger partial charge in [0.1, 0.15) is 5.75 Å². The van der Waals surface area contributed by atoms with Crippen LogP contribution in [0.3, 0.4) is 0 Å². The van der Waals surface area contributed by atoms with Gasteiger partial charge in [-0.15, -0.1) is 0 Å². The number of hydrogen-bond acceptors (Lipinski definition) is 4. The Morgan fingerprint density at radius 2 is 2.04 bits per heavy atom. The van der Waals surface area contributed by atoms with Crippen molar-refractivity contribution in [1.29, 1.82) is 0 Å². The van der Waals surface area contributed by atoms with E-state index in [2.05, 4.69) is 5.32 Å². The molecule has 0 unspecified atom stereocenters. The summed E-state index contributed by atoms with van der Waals surface area (Å²) in [6.45, 7) is 0.947. The molecule has 0 spiro atoms. The van der Waals surface area contributed by atoms with Crippen molar-refractivity contribution in [2.45, 2.75) is 32.2 Å². The summed E-state index contributed by atoms with van der Waals surface area (Å²) in [5, 5.41) is 2.83. The number of piperidine rings is 1. The van der Waals surface area contributed by atoms with Crippen LogP contribution in [-0.4, -0.2) is 30.0 Å². The summed E-state index contributed by atoms with van der Waals surface area (Å²) < 4.78 is 6.87. The van der Waals surface area contributed by atoms with Crippen molar-refractivity contribution in [3.8, 4) is 5.75 Å². The van der Waals surface area contributed by atoms with Gasteiger partial charge in [-0.05, 0) is 37.1 Å². The second-order valence-corrected chi connectivity index (χ2v) is 6.42. The molecule has 3 rings (SSSR count). The highest BCUT2D eigenvalue weighted by molar-refractivity contribution is 5.97. The van der Waals surface area contributed by atoms with Crippen LogP contribution in [0.4, 0.5) is 11.4 Å². The predicted octanol–water partition coefficient (Wildman–Crippen LogP) is 2.40. The van der Waals surface area contributed by atoms with Crippen LogP contribution in [0, 0.1) is 0 Å². The van der Waals surface area contributed by atoms with Crippen molar-refractivity contribution < 1.29 is 14.3 Å². The van der Waals surface area contributed by atoms with E-state index >= 15 is 0 Å². The Hall–Kier alpha value is -3.09. The number of nitrogens with zero attached hydrogens (tertiary/aromatic N) is 2. The first-order valence-electron chi connectivity index (χ1n) is 9.02. The first-order valence-corrected chi connectivity index (χ1v) is 9.02. The molecular weight excluding hydrogens is 346 g/mol. The normalized spacial score (nSPS) is 14.1. The van der Waals surface area contributed by atoms with Crippen LogP contribution in [0.1, 0.15) is 25.7 Å². The summed E-state index contributed by atoms with van der Waals surface area (Å²) >= 11 is 0. The summed E-state index contributed by atoms with van der Waals surface area (Å²) in [5.74, 6) is 0.456. The first-order chi connectivity index (χ1) is 13.1. The number of pyridine rings is 1. The van der Waals surface area contributed by atoms with Crippen molar-refractivity contribution in [1.82, 2.24) is 4.57 Å². The number of hydrogen-bond donors (Lipinski definition) is 1. The van der Waals surface area contributed by atoms with Crippen LogP contribution in [0.25, 0.3) is 0 Å². The molecule has 2 amide bonds. The van der Waals surface area contributed by atoms with Crippen molar-refractivity contribution >= 4 is 23.2 Å². The van der Waals surface area contributed by atoms with Crippen LogP contribution >= 0.6 is 0 Å². The molecule has 142 valence electrons. The number of aromatic nitrogens is 1. The fourth-order valence-corrected chi connectivity index (χ4v) is 3.13. The molecule has 1 aliphatic rings. The molecule has 1 aromatic carbocycles. The minimum Gasteiger partial charge on any atom is -0.495 e. The number of aryl methyl sites for hydroxylation is 1.